The Labute approximate surface area is 178 Å². The summed E-state index contributed by atoms with van der Waals surface area (Å²) < 4.78 is 13.3. The van der Waals surface area contributed by atoms with Gasteiger partial charge in [-0.05, 0) is 53.6 Å². The summed E-state index contributed by atoms with van der Waals surface area (Å²) in [7, 11) is 0. The Morgan fingerprint density at radius 1 is 0.969 bits per heavy atom. The lowest BCUT2D eigenvalue weighted by molar-refractivity contribution is -0.382. The molecule has 0 aliphatic heterocycles. The van der Waals surface area contributed by atoms with Gasteiger partial charge in [0.25, 0.3) is 5.56 Å². The van der Waals surface area contributed by atoms with Crippen LogP contribution in [-0.2, 0) is 0 Å². The summed E-state index contributed by atoms with van der Waals surface area (Å²) in [5, 5.41) is 21.2. The minimum atomic E-state index is -0.602. The molecule has 8 nitrogen and oxygen atoms in total. The number of nitrogens with one attached hydrogen (secondary N) is 2. The fourth-order valence-corrected chi connectivity index (χ4v) is 3.68. The van der Waals surface area contributed by atoms with E-state index in [4.69, 9.17) is 5.26 Å². The smallest absolute Gasteiger partial charge is 0.304 e. The molecule has 5 aromatic rings. The number of fused-ring (bicyclic) bond motifs is 2. The Bertz CT molecular complexity index is 1650. The van der Waals surface area contributed by atoms with Gasteiger partial charge in [-0.3, -0.25) is 14.9 Å². The lowest BCUT2D eigenvalue weighted by atomic mass is 10.0. The third-order valence-electron chi connectivity index (χ3n) is 5.19. The van der Waals surface area contributed by atoms with E-state index < -0.39 is 10.5 Å². The Morgan fingerprint density at radius 2 is 1.69 bits per heavy atom. The maximum atomic E-state index is 13.3. The fraction of sp³-hybridized carbons (Fsp3) is 0. The van der Waals surface area contributed by atoms with Crippen LogP contribution in [0.25, 0.3) is 44.5 Å². The normalized spacial score (nSPS) is 11.0. The zero-order valence-corrected chi connectivity index (χ0v) is 16.2. The summed E-state index contributed by atoms with van der Waals surface area (Å²) in [6.45, 7) is 0. The highest BCUT2D eigenvalue weighted by Gasteiger charge is 2.26. The van der Waals surface area contributed by atoms with E-state index in [1.165, 1.54) is 24.3 Å². The largest absolute Gasteiger partial charge is 0.347 e. The molecule has 0 saturated heterocycles. The van der Waals surface area contributed by atoms with E-state index in [-0.39, 0.29) is 33.8 Å². The molecule has 2 aromatic heterocycles. The lowest BCUT2D eigenvalue weighted by Crippen LogP contribution is -2.12. The molecule has 5 rings (SSSR count). The van der Waals surface area contributed by atoms with Gasteiger partial charge < -0.3 is 9.97 Å². The number of nitriles is 1. The summed E-state index contributed by atoms with van der Waals surface area (Å²) >= 11 is 0. The highest BCUT2D eigenvalue weighted by Crippen LogP contribution is 2.35. The monoisotopic (exact) mass is 425 g/mol. The Hall–Kier alpha value is -4.84. The van der Waals surface area contributed by atoms with Crippen LogP contribution in [0.4, 0.5) is 10.1 Å². The Balaban J connectivity index is 1.74. The van der Waals surface area contributed by atoms with Crippen molar-refractivity contribution in [3.8, 4) is 28.6 Å². The first-order chi connectivity index (χ1) is 15.4. The molecule has 0 saturated carbocycles. The topological polar surface area (TPSA) is 128 Å². The van der Waals surface area contributed by atoms with Crippen molar-refractivity contribution in [2.45, 2.75) is 0 Å². The number of benzene rings is 3. The molecule has 0 unspecified atom stereocenters. The molecule has 32 heavy (non-hydrogen) atoms. The molecule has 2 N–H and O–H groups in total. The SMILES string of the molecule is N#Cc1ccc2[nH]c(-c3nc4cc(-c5ccc(F)cc5)ccc4[nH]c3=O)c([N+](=O)[O-])c2c1. The van der Waals surface area contributed by atoms with Crippen LogP contribution in [-0.4, -0.2) is 19.9 Å². The molecular formula is C23H12FN5O3. The zero-order valence-electron chi connectivity index (χ0n) is 16.2. The van der Waals surface area contributed by atoms with Crippen LogP contribution in [0.5, 0.6) is 0 Å². The number of aromatic nitrogens is 3. The molecule has 0 spiro atoms. The maximum absolute atomic E-state index is 13.3. The molecule has 0 atom stereocenters. The van der Waals surface area contributed by atoms with E-state index in [9.17, 15) is 19.3 Å². The number of hydrogen-bond acceptors (Lipinski definition) is 5. The first-order valence-electron chi connectivity index (χ1n) is 9.45. The van der Waals surface area contributed by atoms with Gasteiger partial charge in [0.05, 0.1) is 38.5 Å². The molecular weight excluding hydrogens is 413 g/mol. The van der Waals surface area contributed by atoms with Crippen molar-refractivity contribution in [1.82, 2.24) is 15.0 Å². The van der Waals surface area contributed by atoms with Gasteiger partial charge in [-0.25, -0.2) is 9.37 Å². The van der Waals surface area contributed by atoms with E-state index in [0.29, 0.717) is 16.6 Å². The molecule has 3 aromatic carbocycles. The van der Waals surface area contributed by atoms with E-state index in [0.717, 1.165) is 11.1 Å². The predicted molar refractivity (Wildman–Crippen MR) is 116 cm³/mol. The molecule has 154 valence electrons. The molecule has 0 bridgehead atoms. The van der Waals surface area contributed by atoms with Crippen LogP contribution >= 0.6 is 0 Å². The molecule has 0 aliphatic rings. The van der Waals surface area contributed by atoms with Crippen LogP contribution < -0.4 is 5.56 Å². The summed E-state index contributed by atoms with van der Waals surface area (Å²) in [4.78, 5) is 34.0. The van der Waals surface area contributed by atoms with Crippen molar-refractivity contribution in [3.63, 3.8) is 0 Å². The van der Waals surface area contributed by atoms with Gasteiger partial charge in [-0.1, -0.05) is 18.2 Å². The number of halogens is 1. The Morgan fingerprint density at radius 3 is 2.41 bits per heavy atom. The number of rotatable bonds is 3. The average Bonchev–Trinajstić information content (AvgIpc) is 3.17. The minimum absolute atomic E-state index is 0.0459. The van der Waals surface area contributed by atoms with Crippen molar-refractivity contribution in [3.05, 3.63) is 92.5 Å². The predicted octanol–water partition coefficient (Wildman–Crippen LogP) is 4.66. The highest BCUT2D eigenvalue weighted by atomic mass is 19.1. The maximum Gasteiger partial charge on any atom is 0.304 e. The Kier molecular flexibility index (Phi) is 4.27. The second-order valence-corrected chi connectivity index (χ2v) is 7.13. The average molecular weight is 425 g/mol. The third-order valence-corrected chi connectivity index (χ3v) is 5.19. The first-order valence-corrected chi connectivity index (χ1v) is 9.45. The van der Waals surface area contributed by atoms with Gasteiger partial charge >= 0.3 is 5.69 Å². The highest BCUT2D eigenvalue weighted by molar-refractivity contribution is 5.98. The van der Waals surface area contributed by atoms with Crippen LogP contribution in [0.3, 0.4) is 0 Å². The first kappa shape index (κ1) is 19.1. The van der Waals surface area contributed by atoms with Gasteiger partial charge in [-0.15, -0.1) is 0 Å². The molecule has 2 heterocycles. The number of nitrogens with zero attached hydrogens (tertiary/aromatic N) is 3. The van der Waals surface area contributed by atoms with Crippen molar-refractivity contribution in [2.75, 3.05) is 0 Å². The molecule has 9 heteroatoms. The van der Waals surface area contributed by atoms with E-state index in [1.54, 1.807) is 36.4 Å². The summed E-state index contributed by atoms with van der Waals surface area (Å²) in [6.07, 6.45) is 0. The van der Waals surface area contributed by atoms with Crippen molar-refractivity contribution < 1.29 is 9.31 Å². The standard InChI is InChI=1S/C23H12FN5O3/c24-15-5-2-13(3-6-15)14-4-8-18-19(10-14)27-21(23(30)28-18)20-22(29(31)32)16-9-12(11-25)1-7-17(16)26-20/h1-10,26H,(H,28,30). The molecule has 0 amide bonds. The van der Waals surface area contributed by atoms with Crippen LogP contribution in [0.1, 0.15) is 5.56 Å². The quantitative estimate of drug-likeness (QED) is 0.321. The van der Waals surface area contributed by atoms with Crippen molar-refractivity contribution >= 4 is 27.6 Å². The van der Waals surface area contributed by atoms with Gasteiger partial charge in [-0.2, -0.15) is 5.26 Å². The number of H-pyrrole nitrogens is 2. The van der Waals surface area contributed by atoms with Crippen molar-refractivity contribution in [1.29, 1.82) is 5.26 Å². The zero-order chi connectivity index (χ0) is 22.4. The third kappa shape index (κ3) is 3.07. The van der Waals surface area contributed by atoms with Crippen LogP contribution in [0, 0.1) is 27.3 Å². The van der Waals surface area contributed by atoms with E-state index in [2.05, 4.69) is 15.0 Å². The number of aromatic amines is 2. The minimum Gasteiger partial charge on any atom is -0.347 e. The number of nitro groups is 1. The summed E-state index contributed by atoms with van der Waals surface area (Å²) in [6, 6.07) is 17.5. The van der Waals surface area contributed by atoms with Crippen molar-refractivity contribution in [2.24, 2.45) is 0 Å². The molecule has 0 radical (unpaired) electrons. The number of hydrogen-bond donors (Lipinski definition) is 2. The van der Waals surface area contributed by atoms with Crippen LogP contribution in [0.15, 0.2) is 65.5 Å². The van der Waals surface area contributed by atoms with Gasteiger partial charge in [0.15, 0.2) is 5.69 Å². The second-order valence-electron chi connectivity index (χ2n) is 7.13. The van der Waals surface area contributed by atoms with Gasteiger partial charge in [0.1, 0.15) is 11.5 Å². The van der Waals surface area contributed by atoms with E-state index >= 15 is 0 Å². The van der Waals surface area contributed by atoms with E-state index in [1.807, 2.05) is 6.07 Å². The summed E-state index contributed by atoms with van der Waals surface area (Å²) in [5.41, 5.74) is 1.91. The fourth-order valence-electron chi connectivity index (χ4n) is 3.68. The van der Waals surface area contributed by atoms with Gasteiger partial charge in [0.2, 0.25) is 0 Å². The van der Waals surface area contributed by atoms with Crippen LogP contribution in [0.2, 0.25) is 0 Å². The molecule has 0 aliphatic carbocycles. The second kappa shape index (κ2) is 7.14. The lowest BCUT2D eigenvalue weighted by Gasteiger charge is -2.05. The molecule has 0 fully saturated rings. The van der Waals surface area contributed by atoms with Gasteiger partial charge in [0, 0.05) is 0 Å². The summed E-state index contributed by atoms with van der Waals surface area (Å²) in [5.74, 6) is -0.357.